The molecule has 0 saturated carbocycles. The van der Waals surface area contributed by atoms with Crippen molar-refractivity contribution < 1.29 is 4.74 Å². The van der Waals surface area contributed by atoms with Crippen LogP contribution in [-0.2, 0) is 7.05 Å². The van der Waals surface area contributed by atoms with Gasteiger partial charge in [-0.3, -0.25) is 0 Å². The minimum atomic E-state index is 0.360. The van der Waals surface area contributed by atoms with E-state index in [2.05, 4.69) is 16.2 Å². The Morgan fingerprint density at radius 2 is 2.00 bits per heavy atom. The normalized spacial score (nSPS) is 10.8. The first-order valence-corrected chi connectivity index (χ1v) is 7.75. The van der Waals surface area contributed by atoms with Gasteiger partial charge in [0.05, 0.1) is 35.9 Å². The summed E-state index contributed by atoms with van der Waals surface area (Å²) in [7, 11) is 3.59. The van der Waals surface area contributed by atoms with E-state index in [0.717, 1.165) is 33.7 Å². The lowest BCUT2D eigenvalue weighted by Crippen LogP contribution is -2.00. The molecule has 2 aromatic carbocycles. The van der Waals surface area contributed by atoms with Gasteiger partial charge in [-0.2, -0.15) is 10.4 Å². The highest BCUT2D eigenvalue weighted by Crippen LogP contribution is 2.28. The van der Waals surface area contributed by atoms with Crippen molar-refractivity contribution in [3.63, 3.8) is 0 Å². The molecule has 0 N–H and O–H groups in total. The Balaban J connectivity index is 1.91. The summed E-state index contributed by atoms with van der Waals surface area (Å²) >= 11 is 0. The largest absolute Gasteiger partial charge is 0.497 e. The van der Waals surface area contributed by atoms with E-state index in [1.807, 2.05) is 54.1 Å². The molecule has 0 aliphatic rings. The molecule has 0 fully saturated rings. The van der Waals surface area contributed by atoms with Gasteiger partial charge in [0.25, 0.3) is 0 Å². The summed E-state index contributed by atoms with van der Waals surface area (Å²) in [5.41, 5.74) is 4.92. The fraction of sp³-hybridized carbons (Fsp3) is 0.105. The number of rotatable bonds is 3. The number of aromatic nitrogens is 4. The van der Waals surface area contributed by atoms with E-state index < -0.39 is 0 Å². The molecule has 4 rings (SSSR count). The molecule has 0 amide bonds. The number of benzene rings is 2. The van der Waals surface area contributed by atoms with E-state index in [9.17, 15) is 5.26 Å². The van der Waals surface area contributed by atoms with Crippen LogP contribution in [0.1, 0.15) is 5.69 Å². The van der Waals surface area contributed by atoms with E-state index in [4.69, 9.17) is 4.74 Å². The molecule has 6 heteroatoms. The van der Waals surface area contributed by atoms with Crippen LogP contribution >= 0.6 is 0 Å². The van der Waals surface area contributed by atoms with Gasteiger partial charge in [0.15, 0.2) is 5.69 Å². The molecule has 25 heavy (non-hydrogen) atoms. The van der Waals surface area contributed by atoms with Crippen molar-refractivity contribution in [2.24, 2.45) is 7.05 Å². The summed E-state index contributed by atoms with van der Waals surface area (Å²) < 4.78 is 9.02. The zero-order valence-corrected chi connectivity index (χ0v) is 13.8. The molecule has 0 saturated heterocycles. The zero-order chi connectivity index (χ0) is 17.4. The fourth-order valence-electron chi connectivity index (χ4n) is 2.88. The highest BCUT2D eigenvalue weighted by Gasteiger charge is 2.13. The number of nitrogens with zero attached hydrogens (tertiary/aromatic N) is 5. The molecule has 0 spiro atoms. The first-order chi connectivity index (χ1) is 12.2. The lowest BCUT2D eigenvalue weighted by molar-refractivity contribution is 0.414. The lowest BCUT2D eigenvalue weighted by atomic mass is 10.1. The van der Waals surface area contributed by atoms with Crippen LogP contribution in [0.15, 0.2) is 54.9 Å². The van der Waals surface area contributed by atoms with Crippen molar-refractivity contribution in [2.45, 2.75) is 0 Å². The Morgan fingerprint density at radius 1 is 1.12 bits per heavy atom. The van der Waals surface area contributed by atoms with Gasteiger partial charge in [-0.15, -0.1) is 0 Å². The SMILES string of the molecule is COc1cccc(-n2nc(C#N)cc2-c2ccc3c(c2)ncn3C)c1. The molecule has 0 bridgehead atoms. The van der Waals surface area contributed by atoms with E-state index in [1.165, 1.54) is 0 Å². The molecule has 0 atom stereocenters. The number of nitriles is 1. The summed E-state index contributed by atoms with van der Waals surface area (Å²) in [6.45, 7) is 0. The fourth-order valence-corrected chi connectivity index (χ4v) is 2.88. The van der Waals surface area contributed by atoms with E-state index in [-0.39, 0.29) is 0 Å². The smallest absolute Gasteiger partial charge is 0.163 e. The van der Waals surface area contributed by atoms with Gasteiger partial charge in [0.1, 0.15) is 11.8 Å². The summed E-state index contributed by atoms with van der Waals surface area (Å²) in [5.74, 6) is 0.734. The van der Waals surface area contributed by atoms with Gasteiger partial charge in [-0.25, -0.2) is 9.67 Å². The molecule has 2 aromatic heterocycles. The Labute approximate surface area is 144 Å². The maximum atomic E-state index is 9.28. The predicted molar refractivity (Wildman–Crippen MR) is 94.5 cm³/mol. The molecular formula is C19H15N5O. The second-order valence-electron chi connectivity index (χ2n) is 5.70. The van der Waals surface area contributed by atoms with Crippen LogP contribution in [0, 0.1) is 11.3 Å². The molecule has 0 radical (unpaired) electrons. The first kappa shape index (κ1) is 15.0. The Morgan fingerprint density at radius 3 is 2.80 bits per heavy atom. The van der Waals surface area contributed by atoms with Crippen LogP contribution in [0.4, 0.5) is 0 Å². The van der Waals surface area contributed by atoms with Crippen LogP contribution < -0.4 is 4.74 Å². The standard InChI is InChI=1S/C19H15N5O/c1-23-12-21-17-8-13(6-7-18(17)23)19-9-14(11-20)22-24(19)15-4-3-5-16(10-15)25-2/h3-10,12H,1-2H3. The molecule has 2 heterocycles. The van der Waals surface area contributed by atoms with Crippen LogP contribution in [-0.4, -0.2) is 26.4 Å². The van der Waals surface area contributed by atoms with Gasteiger partial charge < -0.3 is 9.30 Å². The van der Waals surface area contributed by atoms with Gasteiger partial charge in [0.2, 0.25) is 0 Å². The van der Waals surface area contributed by atoms with Crippen molar-refractivity contribution in [2.75, 3.05) is 7.11 Å². The maximum Gasteiger partial charge on any atom is 0.163 e. The summed E-state index contributed by atoms with van der Waals surface area (Å²) in [5, 5.41) is 13.7. The molecule has 0 aliphatic heterocycles. The monoisotopic (exact) mass is 329 g/mol. The van der Waals surface area contributed by atoms with Gasteiger partial charge >= 0.3 is 0 Å². The van der Waals surface area contributed by atoms with Gasteiger partial charge in [-0.1, -0.05) is 12.1 Å². The number of hydrogen-bond donors (Lipinski definition) is 0. The Bertz CT molecular complexity index is 1120. The third-order valence-electron chi connectivity index (χ3n) is 4.14. The molecule has 4 aromatic rings. The lowest BCUT2D eigenvalue weighted by Gasteiger charge is -2.09. The number of hydrogen-bond acceptors (Lipinski definition) is 4. The van der Waals surface area contributed by atoms with E-state index in [0.29, 0.717) is 5.69 Å². The number of fused-ring (bicyclic) bond motifs is 1. The van der Waals surface area contributed by atoms with Crippen LogP contribution in [0.25, 0.3) is 28.0 Å². The molecule has 122 valence electrons. The number of ether oxygens (including phenoxy) is 1. The molecule has 0 unspecified atom stereocenters. The Kier molecular flexibility index (Phi) is 3.47. The molecular weight excluding hydrogens is 314 g/mol. The average molecular weight is 329 g/mol. The van der Waals surface area contributed by atoms with Crippen LogP contribution in [0.5, 0.6) is 5.75 Å². The van der Waals surface area contributed by atoms with Crippen molar-refractivity contribution in [1.82, 2.24) is 19.3 Å². The van der Waals surface area contributed by atoms with Crippen molar-refractivity contribution in [1.29, 1.82) is 5.26 Å². The van der Waals surface area contributed by atoms with Gasteiger partial charge in [-0.05, 0) is 24.3 Å². The van der Waals surface area contributed by atoms with Crippen molar-refractivity contribution in [3.8, 4) is 28.8 Å². The molecule has 6 nitrogen and oxygen atoms in total. The summed E-state index contributed by atoms with van der Waals surface area (Å²) in [6, 6.07) is 17.5. The second kappa shape index (κ2) is 5.80. The van der Waals surface area contributed by atoms with E-state index >= 15 is 0 Å². The minimum Gasteiger partial charge on any atom is -0.497 e. The van der Waals surface area contributed by atoms with Crippen LogP contribution in [0.2, 0.25) is 0 Å². The Hall–Kier alpha value is -3.59. The van der Waals surface area contributed by atoms with Gasteiger partial charge in [0, 0.05) is 24.7 Å². The van der Waals surface area contributed by atoms with Crippen molar-refractivity contribution in [3.05, 3.63) is 60.6 Å². The summed E-state index contributed by atoms with van der Waals surface area (Å²) in [6.07, 6.45) is 1.79. The van der Waals surface area contributed by atoms with Crippen LogP contribution in [0.3, 0.4) is 0 Å². The zero-order valence-electron chi connectivity index (χ0n) is 13.8. The third-order valence-corrected chi connectivity index (χ3v) is 4.14. The summed E-state index contributed by atoms with van der Waals surface area (Å²) in [4.78, 5) is 4.41. The highest BCUT2D eigenvalue weighted by atomic mass is 16.5. The maximum absolute atomic E-state index is 9.28. The van der Waals surface area contributed by atoms with E-state index in [1.54, 1.807) is 24.2 Å². The second-order valence-corrected chi connectivity index (χ2v) is 5.70. The number of methoxy groups -OCH3 is 1. The number of imidazole rings is 1. The minimum absolute atomic E-state index is 0.360. The predicted octanol–water partition coefficient (Wildman–Crippen LogP) is 3.31. The average Bonchev–Trinajstić information content (AvgIpc) is 3.25. The van der Waals surface area contributed by atoms with Crippen molar-refractivity contribution >= 4 is 11.0 Å². The topological polar surface area (TPSA) is 68.7 Å². The first-order valence-electron chi connectivity index (χ1n) is 7.75. The third kappa shape index (κ3) is 2.52. The quantitative estimate of drug-likeness (QED) is 0.578. The molecule has 0 aliphatic carbocycles. The number of aryl methyl sites for hydroxylation is 1. The highest BCUT2D eigenvalue weighted by molar-refractivity contribution is 5.81.